The number of nitrogens with one attached hydrogen (secondary N) is 1. The van der Waals surface area contributed by atoms with Gasteiger partial charge in [-0.2, -0.15) is 0 Å². The summed E-state index contributed by atoms with van der Waals surface area (Å²) in [4.78, 5) is 13.5. The predicted octanol–water partition coefficient (Wildman–Crippen LogP) is 0.00170. The van der Waals surface area contributed by atoms with Gasteiger partial charge >= 0.3 is 6.09 Å². The van der Waals surface area contributed by atoms with Crippen molar-refractivity contribution in [2.75, 3.05) is 25.9 Å². The maximum absolute atomic E-state index is 11.9. The quantitative estimate of drug-likeness (QED) is 0.736. The molecule has 110 valence electrons. The molecule has 2 atom stereocenters. The van der Waals surface area contributed by atoms with Crippen LogP contribution in [0.5, 0.6) is 0 Å². The Morgan fingerprint density at radius 3 is 2.37 bits per heavy atom. The van der Waals surface area contributed by atoms with Crippen LogP contribution in [0, 0.1) is 5.92 Å². The highest BCUT2D eigenvalue weighted by atomic mass is 32.2. The summed E-state index contributed by atoms with van der Waals surface area (Å²) >= 11 is 0. The zero-order valence-electron chi connectivity index (χ0n) is 11.7. The van der Waals surface area contributed by atoms with Crippen molar-refractivity contribution >= 4 is 16.1 Å². The second-order valence-electron chi connectivity index (χ2n) is 6.18. The molecule has 8 heteroatoms. The molecule has 2 aliphatic rings. The van der Waals surface area contributed by atoms with Gasteiger partial charge in [-0.25, -0.2) is 18.6 Å². The van der Waals surface area contributed by atoms with Crippen LogP contribution in [0.15, 0.2) is 0 Å². The third-order valence-corrected chi connectivity index (χ3v) is 4.26. The van der Waals surface area contributed by atoms with Crippen molar-refractivity contribution < 1.29 is 17.9 Å². The Morgan fingerprint density at radius 1 is 1.26 bits per heavy atom. The third kappa shape index (κ3) is 3.37. The Morgan fingerprint density at radius 2 is 1.89 bits per heavy atom. The van der Waals surface area contributed by atoms with Crippen molar-refractivity contribution in [3.63, 3.8) is 0 Å². The van der Waals surface area contributed by atoms with Gasteiger partial charge in [-0.3, -0.25) is 0 Å². The first-order valence-corrected chi connectivity index (χ1v) is 8.13. The van der Waals surface area contributed by atoms with Gasteiger partial charge in [0.25, 0.3) is 0 Å². The minimum absolute atomic E-state index is 0.0118. The monoisotopic (exact) mass is 291 g/mol. The van der Waals surface area contributed by atoms with Gasteiger partial charge in [-0.15, -0.1) is 4.41 Å². The topological polar surface area (TPSA) is 79.0 Å². The van der Waals surface area contributed by atoms with Crippen molar-refractivity contribution in [3.05, 3.63) is 0 Å². The van der Waals surface area contributed by atoms with Gasteiger partial charge in [-0.1, -0.05) is 0 Å². The summed E-state index contributed by atoms with van der Waals surface area (Å²) in [6.45, 7) is 6.88. The maximum Gasteiger partial charge on any atom is 0.410 e. The summed E-state index contributed by atoms with van der Waals surface area (Å²) in [7, 11) is -3.22. The zero-order valence-corrected chi connectivity index (χ0v) is 12.5. The van der Waals surface area contributed by atoms with E-state index in [9.17, 15) is 13.2 Å². The lowest BCUT2D eigenvalue weighted by Crippen LogP contribution is -2.44. The Hall–Kier alpha value is -0.860. The van der Waals surface area contributed by atoms with E-state index in [0.29, 0.717) is 19.6 Å². The average molecular weight is 291 g/mol. The first-order valence-electron chi connectivity index (χ1n) is 6.28. The number of rotatable bonds is 1. The summed E-state index contributed by atoms with van der Waals surface area (Å²) in [6.07, 6.45) is 0.835. The van der Waals surface area contributed by atoms with E-state index in [4.69, 9.17) is 4.74 Å². The van der Waals surface area contributed by atoms with E-state index in [1.807, 2.05) is 20.8 Å². The van der Waals surface area contributed by atoms with Crippen LogP contribution in [-0.4, -0.2) is 61.4 Å². The van der Waals surface area contributed by atoms with Crippen molar-refractivity contribution in [1.82, 2.24) is 14.7 Å². The van der Waals surface area contributed by atoms with Crippen molar-refractivity contribution in [3.8, 4) is 0 Å². The van der Waals surface area contributed by atoms with E-state index in [1.54, 1.807) is 4.90 Å². The molecule has 0 aromatic rings. The first kappa shape index (κ1) is 14.5. The van der Waals surface area contributed by atoms with Crippen LogP contribution in [-0.2, 0) is 14.8 Å². The predicted molar refractivity (Wildman–Crippen MR) is 69.8 cm³/mol. The van der Waals surface area contributed by atoms with Gasteiger partial charge in [0, 0.05) is 31.6 Å². The minimum Gasteiger partial charge on any atom is -0.444 e. The van der Waals surface area contributed by atoms with Crippen LogP contribution in [0.2, 0.25) is 0 Å². The Labute approximate surface area is 113 Å². The standard InChI is InChI=1S/C11H21N3O4S/c1-11(2,3)18-10(15)13-5-8-6-14(19(4,16)17)12-9(8)7-13/h8-9,12H,5-7H2,1-4H3. The molecule has 2 saturated heterocycles. The summed E-state index contributed by atoms with van der Waals surface area (Å²) in [6, 6.07) is -0.0118. The summed E-state index contributed by atoms with van der Waals surface area (Å²) in [5.74, 6) is 0.127. The Kier molecular flexibility index (Phi) is 3.53. The number of ether oxygens (including phenoxy) is 1. The highest BCUT2D eigenvalue weighted by molar-refractivity contribution is 7.88. The van der Waals surface area contributed by atoms with Gasteiger partial charge in [0.15, 0.2) is 0 Å². The molecule has 2 unspecified atom stereocenters. The van der Waals surface area contributed by atoms with E-state index in [-0.39, 0.29) is 18.1 Å². The molecule has 2 aliphatic heterocycles. The molecule has 19 heavy (non-hydrogen) atoms. The number of amides is 1. The van der Waals surface area contributed by atoms with E-state index in [0.717, 1.165) is 0 Å². The van der Waals surface area contributed by atoms with Crippen LogP contribution in [0.25, 0.3) is 0 Å². The molecule has 2 rings (SSSR count). The Balaban J connectivity index is 1.93. The highest BCUT2D eigenvalue weighted by Crippen LogP contribution is 2.26. The van der Waals surface area contributed by atoms with Crippen LogP contribution in [0.3, 0.4) is 0 Å². The molecule has 0 saturated carbocycles. The molecule has 0 aromatic heterocycles. The number of sulfonamides is 1. The molecule has 7 nitrogen and oxygen atoms in total. The lowest BCUT2D eigenvalue weighted by Gasteiger charge is -2.25. The van der Waals surface area contributed by atoms with Crippen LogP contribution < -0.4 is 5.43 Å². The Bertz CT molecular complexity index is 457. The molecular weight excluding hydrogens is 270 g/mol. The molecule has 2 fully saturated rings. The number of hydrogen-bond acceptors (Lipinski definition) is 5. The van der Waals surface area contributed by atoms with Gasteiger partial charge in [0.2, 0.25) is 10.0 Å². The van der Waals surface area contributed by atoms with Gasteiger partial charge in [0.05, 0.1) is 6.26 Å². The van der Waals surface area contributed by atoms with Crippen LogP contribution >= 0.6 is 0 Å². The van der Waals surface area contributed by atoms with Gasteiger partial charge < -0.3 is 9.64 Å². The number of hydrazine groups is 1. The fourth-order valence-electron chi connectivity index (χ4n) is 2.36. The van der Waals surface area contributed by atoms with E-state index < -0.39 is 15.6 Å². The largest absolute Gasteiger partial charge is 0.444 e. The molecule has 1 N–H and O–H groups in total. The zero-order chi connectivity index (χ0) is 14.4. The fourth-order valence-corrected chi connectivity index (χ4v) is 3.15. The molecule has 0 radical (unpaired) electrons. The summed E-state index contributed by atoms with van der Waals surface area (Å²) in [5.41, 5.74) is 2.42. The molecule has 0 aliphatic carbocycles. The number of nitrogens with zero attached hydrogens (tertiary/aromatic N) is 2. The normalized spacial score (nSPS) is 28.5. The number of likely N-dealkylation sites (tertiary alicyclic amines) is 1. The third-order valence-electron chi connectivity index (χ3n) is 3.20. The van der Waals surface area contributed by atoms with E-state index >= 15 is 0 Å². The smallest absolute Gasteiger partial charge is 0.410 e. The number of hydrogen-bond donors (Lipinski definition) is 1. The average Bonchev–Trinajstić information content (AvgIpc) is 2.68. The lowest BCUT2D eigenvalue weighted by molar-refractivity contribution is 0.0277. The minimum atomic E-state index is -3.22. The number of carbonyl (C=O) groups is 1. The van der Waals surface area contributed by atoms with Crippen molar-refractivity contribution in [2.24, 2.45) is 5.92 Å². The molecule has 0 bridgehead atoms. The maximum atomic E-state index is 11.9. The first-order chi connectivity index (χ1) is 8.56. The van der Waals surface area contributed by atoms with Gasteiger partial charge in [-0.05, 0) is 20.8 Å². The molecule has 2 heterocycles. The van der Waals surface area contributed by atoms with Crippen molar-refractivity contribution in [1.29, 1.82) is 0 Å². The molecular formula is C11H21N3O4S. The lowest BCUT2D eigenvalue weighted by atomic mass is 10.1. The number of carbonyl (C=O) groups excluding carboxylic acids is 1. The van der Waals surface area contributed by atoms with Crippen LogP contribution in [0.4, 0.5) is 4.79 Å². The summed E-state index contributed by atoms with van der Waals surface area (Å²) in [5, 5.41) is 0. The second-order valence-corrected chi connectivity index (χ2v) is 8.08. The molecule has 0 spiro atoms. The van der Waals surface area contributed by atoms with E-state index in [1.165, 1.54) is 10.7 Å². The molecule has 1 amide bonds. The number of fused-ring (bicyclic) bond motifs is 1. The van der Waals surface area contributed by atoms with Gasteiger partial charge in [0.1, 0.15) is 5.60 Å². The fraction of sp³-hybridized carbons (Fsp3) is 0.909. The highest BCUT2D eigenvalue weighted by Gasteiger charge is 2.44. The van der Waals surface area contributed by atoms with Crippen molar-refractivity contribution in [2.45, 2.75) is 32.4 Å². The SMILES string of the molecule is CC(C)(C)OC(=O)N1CC2CN(S(C)(=O)=O)NC2C1. The second kappa shape index (κ2) is 4.60. The summed E-state index contributed by atoms with van der Waals surface area (Å²) < 4.78 is 29.4. The van der Waals surface area contributed by atoms with Crippen LogP contribution in [0.1, 0.15) is 20.8 Å². The molecule has 0 aromatic carbocycles. The van der Waals surface area contributed by atoms with E-state index in [2.05, 4.69) is 5.43 Å².